The van der Waals surface area contributed by atoms with Crippen LogP contribution in [-0.4, -0.2) is 55.1 Å². The van der Waals surface area contributed by atoms with Crippen molar-refractivity contribution in [3.8, 4) is 0 Å². The smallest absolute Gasteiger partial charge is 0.335 e. The third-order valence-corrected chi connectivity index (χ3v) is 3.25. The zero-order valence-corrected chi connectivity index (χ0v) is 10.4. The Bertz CT molecular complexity index is 429. The van der Waals surface area contributed by atoms with Crippen molar-refractivity contribution >= 4 is 11.7 Å². The van der Waals surface area contributed by atoms with Gasteiger partial charge in [0.1, 0.15) is 0 Å². The lowest BCUT2D eigenvalue weighted by Crippen LogP contribution is -2.47. The molecule has 1 heterocycles. The first-order chi connectivity index (χ1) is 9.06. The summed E-state index contributed by atoms with van der Waals surface area (Å²) in [5, 5.41) is 8.81. The van der Waals surface area contributed by atoms with Gasteiger partial charge in [0.2, 0.25) is 0 Å². The average Bonchev–Trinajstić information content (AvgIpc) is 2.39. The van der Waals surface area contributed by atoms with Crippen LogP contribution in [0.5, 0.6) is 0 Å². The predicted molar refractivity (Wildman–Crippen MR) is 68.1 cm³/mol. The molecule has 1 aliphatic heterocycles. The molecule has 0 aromatic heterocycles. The number of carbonyl (C=O) groups is 1. The van der Waals surface area contributed by atoms with Gasteiger partial charge in [0.05, 0.1) is 12.1 Å². The first-order valence-corrected chi connectivity index (χ1v) is 6.15. The van der Waals surface area contributed by atoms with Crippen LogP contribution in [0.2, 0.25) is 0 Å². The van der Waals surface area contributed by atoms with Crippen LogP contribution in [0.3, 0.4) is 0 Å². The Labute approximate surface area is 110 Å². The summed E-state index contributed by atoms with van der Waals surface area (Å²) in [6.07, 6.45) is -2.29. The highest BCUT2D eigenvalue weighted by molar-refractivity contribution is 5.88. The van der Waals surface area contributed by atoms with Gasteiger partial charge in [-0.2, -0.15) is 0 Å². The minimum absolute atomic E-state index is 0.175. The zero-order valence-electron chi connectivity index (χ0n) is 10.4. The van der Waals surface area contributed by atoms with Gasteiger partial charge in [0.15, 0.2) is 0 Å². The van der Waals surface area contributed by atoms with Crippen LogP contribution in [-0.2, 0) is 0 Å². The average molecular weight is 270 g/mol. The lowest BCUT2D eigenvalue weighted by atomic mass is 10.2. The van der Waals surface area contributed by atoms with Gasteiger partial charge in [-0.25, -0.2) is 13.6 Å². The maximum atomic E-state index is 12.2. The van der Waals surface area contributed by atoms with E-state index >= 15 is 0 Å². The van der Waals surface area contributed by atoms with E-state index in [-0.39, 0.29) is 12.1 Å². The van der Waals surface area contributed by atoms with E-state index < -0.39 is 12.4 Å². The lowest BCUT2D eigenvalue weighted by Gasteiger charge is -2.35. The van der Waals surface area contributed by atoms with Gasteiger partial charge in [-0.3, -0.25) is 4.90 Å². The topological polar surface area (TPSA) is 43.8 Å². The molecule has 104 valence electrons. The largest absolute Gasteiger partial charge is 0.478 e. The number of carboxylic acids is 1. The molecule has 1 saturated heterocycles. The Morgan fingerprint density at radius 1 is 1.16 bits per heavy atom. The van der Waals surface area contributed by atoms with E-state index in [4.69, 9.17) is 5.11 Å². The summed E-state index contributed by atoms with van der Waals surface area (Å²) < 4.78 is 24.5. The molecule has 0 amide bonds. The molecule has 6 heteroatoms. The second-order valence-corrected chi connectivity index (χ2v) is 4.53. The number of halogens is 2. The third-order valence-electron chi connectivity index (χ3n) is 3.25. The number of aromatic carboxylic acids is 1. The van der Waals surface area contributed by atoms with Crippen LogP contribution in [0.15, 0.2) is 24.3 Å². The van der Waals surface area contributed by atoms with E-state index in [1.807, 2.05) is 0 Å². The quantitative estimate of drug-likeness (QED) is 0.905. The van der Waals surface area contributed by atoms with Crippen LogP contribution in [0, 0.1) is 0 Å². The van der Waals surface area contributed by atoms with Gasteiger partial charge in [-0.15, -0.1) is 0 Å². The van der Waals surface area contributed by atoms with Gasteiger partial charge >= 0.3 is 5.97 Å². The van der Waals surface area contributed by atoms with Crippen LogP contribution in [0.4, 0.5) is 14.5 Å². The molecule has 2 rings (SSSR count). The van der Waals surface area contributed by atoms with Crippen LogP contribution < -0.4 is 4.90 Å². The fourth-order valence-corrected chi connectivity index (χ4v) is 2.20. The molecule has 1 N–H and O–H groups in total. The van der Waals surface area contributed by atoms with Gasteiger partial charge in [-0.1, -0.05) is 0 Å². The number of hydrogen-bond acceptors (Lipinski definition) is 3. The van der Waals surface area contributed by atoms with E-state index in [2.05, 4.69) is 4.90 Å². The fourth-order valence-electron chi connectivity index (χ4n) is 2.20. The third kappa shape index (κ3) is 3.64. The molecular weight excluding hydrogens is 254 g/mol. The molecule has 0 radical (unpaired) electrons. The van der Waals surface area contributed by atoms with E-state index in [0.29, 0.717) is 26.2 Å². The molecule has 4 nitrogen and oxygen atoms in total. The SMILES string of the molecule is O=C(O)c1ccc(N2CCN(CC(F)F)CC2)cc1. The number of nitrogens with zero attached hydrogens (tertiary/aromatic N) is 2. The molecule has 19 heavy (non-hydrogen) atoms. The summed E-state index contributed by atoms with van der Waals surface area (Å²) >= 11 is 0. The van der Waals surface area contributed by atoms with Crippen molar-refractivity contribution in [3.63, 3.8) is 0 Å². The molecule has 0 unspecified atom stereocenters. The molecule has 0 aliphatic carbocycles. The molecule has 0 spiro atoms. The predicted octanol–water partition coefficient (Wildman–Crippen LogP) is 1.77. The Morgan fingerprint density at radius 2 is 1.74 bits per heavy atom. The minimum atomic E-state index is -2.29. The number of hydrogen-bond donors (Lipinski definition) is 1. The highest BCUT2D eigenvalue weighted by Crippen LogP contribution is 2.17. The molecule has 1 aromatic rings. The Hall–Kier alpha value is -1.69. The number of piperazine rings is 1. The van der Waals surface area contributed by atoms with Crippen molar-refractivity contribution in [3.05, 3.63) is 29.8 Å². The van der Waals surface area contributed by atoms with E-state index in [9.17, 15) is 13.6 Å². The van der Waals surface area contributed by atoms with Crippen molar-refractivity contribution in [2.75, 3.05) is 37.6 Å². The summed E-state index contributed by atoms with van der Waals surface area (Å²) in [6, 6.07) is 6.63. The maximum absolute atomic E-state index is 12.2. The van der Waals surface area contributed by atoms with Crippen molar-refractivity contribution < 1.29 is 18.7 Å². The maximum Gasteiger partial charge on any atom is 0.335 e. The standard InChI is InChI=1S/C13H16F2N2O2/c14-12(15)9-16-5-7-17(8-6-16)11-3-1-10(2-4-11)13(18)19/h1-4,12H,5-9H2,(H,18,19). The molecule has 1 aliphatic rings. The monoisotopic (exact) mass is 270 g/mol. The number of alkyl halides is 2. The summed E-state index contributed by atoms with van der Waals surface area (Å²) in [7, 11) is 0. The van der Waals surface area contributed by atoms with Crippen molar-refractivity contribution in [1.82, 2.24) is 4.90 Å². The van der Waals surface area contributed by atoms with E-state index in [1.165, 1.54) is 0 Å². The van der Waals surface area contributed by atoms with Crippen LogP contribution >= 0.6 is 0 Å². The summed E-state index contributed by atoms with van der Waals surface area (Å²) in [4.78, 5) is 14.6. The van der Waals surface area contributed by atoms with Crippen LogP contribution in [0.1, 0.15) is 10.4 Å². The Balaban J connectivity index is 1.92. The van der Waals surface area contributed by atoms with Crippen LogP contribution in [0.25, 0.3) is 0 Å². The van der Waals surface area contributed by atoms with Gasteiger partial charge < -0.3 is 10.0 Å². The van der Waals surface area contributed by atoms with Gasteiger partial charge in [0.25, 0.3) is 6.43 Å². The molecule has 1 fully saturated rings. The van der Waals surface area contributed by atoms with Gasteiger partial charge in [-0.05, 0) is 24.3 Å². The molecule has 1 aromatic carbocycles. The first kappa shape index (κ1) is 13.7. The highest BCUT2D eigenvalue weighted by atomic mass is 19.3. The fraction of sp³-hybridized carbons (Fsp3) is 0.462. The highest BCUT2D eigenvalue weighted by Gasteiger charge is 2.19. The number of benzene rings is 1. The summed E-state index contributed by atoms with van der Waals surface area (Å²) in [5.41, 5.74) is 1.18. The van der Waals surface area contributed by atoms with Crippen molar-refractivity contribution in [2.45, 2.75) is 6.43 Å². The number of anilines is 1. The molecule has 0 atom stereocenters. The second kappa shape index (κ2) is 5.97. The van der Waals surface area contributed by atoms with Crippen molar-refractivity contribution in [1.29, 1.82) is 0 Å². The lowest BCUT2D eigenvalue weighted by molar-refractivity contribution is 0.0697. The minimum Gasteiger partial charge on any atom is -0.478 e. The number of rotatable bonds is 4. The van der Waals surface area contributed by atoms with E-state index in [1.54, 1.807) is 29.2 Å². The molecule has 0 bridgehead atoms. The zero-order chi connectivity index (χ0) is 13.8. The summed E-state index contributed by atoms with van der Waals surface area (Å²) in [5.74, 6) is -0.951. The first-order valence-electron chi connectivity index (χ1n) is 6.15. The Kier molecular flexibility index (Phi) is 4.31. The van der Waals surface area contributed by atoms with Gasteiger partial charge in [0, 0.05) is 31.9 Å². The van der Waals surface area contributed by atoms with Crippen molar-refractivity contribution in [2.24, 2.45) is 0 Å². The normalized spacial score (nSPS) is 16.9. The molecular formula is C13H16F2N2O2. The van der Waals surface area contributed by atoms with E-state index in [0.717, 1.165) is 5.69 Å². The second-order valence-electron chi connectivity index (χ2n) is 4.53. The number of carboxylic acid groups (broad SMARTS) is 1. The summed E-state index contributed by atoms with van der Waals surface area (Å²) in [6.45, 7) is 2.39. The molecule has 0 saturated carbocycles. The Morgan fingerprint density at radius 3 is 2.21 bits per heavy atom.